The largest absolute Gasteiger partial charge is 0.339 e. The maximum atomic E-state index is 5.72. The zero-order valence-electron chi connectivity index (χ0n) is 11.8. The Morgan fingerprint density at radius 1 is 1.39 bits per heavy atom. The average Bonchev–Trinajstić information content (AvgIpc) is 2.65. The zero-order valence-corrected chi connectivity index (χ0v) is 12.6. The highest BCUT2D eigenvalue weighted by Gasteiger charge is 2.19. The first-order valence-electron chi connectivity index (χ1n) is 6.17. The van der Waals surface area contributed by atoms with Crippen molar-refractivity contribution in [2.45, 2.75) is 40.2 Å². The molecule has 0 aliphatic rings. The number of rotatable bonds is 7. The predicted octanol–water partition coefficient (Wildman–Crippen LogP) is 1.86. The fourth-order valence-electron chi connectivity index (χ4n) is 1.76. The molecule has 0 saturated carbocycles. The predicted molar refractivity (Wildman–Crippen MR) is 74.7 cm³/mol. The van der Waals surface area contributed by atoms with Crippen molar-refractivity contribution in [1.29, 1.82) is 0 Å². The third-order valence-corrected chi connectivity index (χ3v) is 2.64. The molecule has 0 aromatic carbocycles. The number of nitrogens with two attached hydrogens (primary N) is 1. The van der Waals surface area contributed by atoms with Crippen LogP contribution in [0.1, 0.15) is 38.9 Å². The lowest BCUT2D eigenvalue weighted by Crippen LogP contribution is -2.36. The standard InChI is InChI=1S/C12H24N4O.ClH/c1-5-6-11-14-10(15-17-11)7-16(4)9-12(2,3)8-13;/h5-9,13H2,1-4H3;1H. The molecular formula is C12H25ClN4O. The molecule has 0 amide bonds. The van der Waals surface area contributed by atoms with Gasteiger partial charge in [-0.05, 0) is 25.4 Å². The molecule has 1 aromatic heterocycles. The molecule has 0 atom stereocenters. The van der Waals surface area contributed by atoms with Crippen LogP contribution in [-0.2, 0) is 13.0 Å². The van der Waals surface area contributed by atoms with Gasteiger partial charge in [0.1, 0.15) is 0 Å². The molecule has 18 heavy (non-hydrogen) atoms. The van der Waals surface area contributed by atoms with Gasteiger partial charge in [-0.15, -0.1) is 12.4 Å². The van der Waals surface area contributed by atoms with E-state index in [1.54, 1.807) is 0 Å². The highest BCUT2D eigenvalue weighted by molar-refractivity contribution is 5.85. The molecule has 2 N–H and O–H groups in total. The van der Waals surface area contributed by atoms with Crippen molar-refractivity contribution in [3.05, 3.63) is 11.7 Å². The van der Waals surface area contributed by atoms with Crippen molar-refractivity contribution in [3.63, 3.8) is 0 Å². The lowest BCUT2D eigenvalue weighted by molar-refractivity contribution is 0.204. The second kappa shape index (κ2) is 7.71. The highest BCUT2D eigenvalue weighted by atomic mass is 35.5. The molecule has 0 aliphatic carbocycles. The van der Waals surface area contributed by atoms with Crippen LogP contribution < -0.4 is 5.73 Å². The van der Waals surface area contributed by atoms with Gasteiger partial charge in [-0.1, -0.05) is 25.9 Å². The van der Waals surface area contributed by atoms with Crippen LogP contribution >= 0.6 is 12.4 Å². The molecule has 0 radical (unpaired) electrons. The van der Waals surface area contributed by atoms with Gasteiger partial charge < -0.3 is 10.3 Å². The summed E-state index contributed by atoms with van der Waals surface area (Å²) in [6.45, 7) is 8.70. The number of aromatic nitrogens is 2. The molecule has 0 fully saturated rings. The van der Waals surface area contributed by atoms with Crippen LogP contribution in [0.3, 0.4) is 0 Å². The Balaban J connectivity index is 0.00000289. The van der Waals surface area contributed by atoms with Crippen LogP contribution in [0.4, 0.5) is 0 Å². The van der Waals surface area contributed by atoms with Crippen molar-refractivity contribution in [1.82, 2.24) is 15.0 Å². The van der Waals surface area contributed by atoms with Gasteiger partial charge in [0.2, 0.25) is 5.89 Å². The summed E-state index contributed by atoms with van der Waals surface area (Å²) >= 11 is 0. The summed E-state index contributed by atoms with van der Waals surface area (Å²) in [6.07, 6.45) is 1.88. The number of hydrogen-bond donors (Lipinski definition) is 1. The molecule has 5 nitrogen and oxygen atoms in total. The minimum Gasteiger partial charge on any atom is -0.339 e. The molecular weight excluding hydrogens is 252 g/mol. The molecule has 1 rings (SSSR count). The van der Waals surface area contributed by atoms with Gasteiger partial charge in [0.05, 0.1) is 6.54 Å². The first-order chi connectivity index (χ1) is 7.96. The van der Waals surface area contributed by atoms with E-state index in [2.05, 4.69) is 35.8 Å². The van der Waals surface area contributed by atoms with E-state index in [-0.39, 0.29) is 17.8 Å². The van der Waals surface area contributed by atoms with E-state index >= 15 is 0 Å². The topological polar surface area (TPSA) is 68.2 Å². The Morgan fingerprint density at radius 3 is 2.61 bits per heavy atom. The van der Waals surface area contributed by atoms with E-state index in [0.29, 0.717) is 13.1 Å². The molecule has 1 heterocycles. The minimum atomic E-state index is 0. The monoisotopic (exact) mass is 276 g/mol. The molecule has 106 valence electrons. The van der Waals surface area contributed by atoms with Gasteiger partial charge in [-0.2, -0.15) is 4.98 Å². The van der Waals surface area contributed by atoms with Crippen molar-refractivity contribution in [3.8, 4) is 0 Å². The summed E-state index contributed by atoms with van der Waals surface area (Å²) in [6, 6.07) is 0. The third kappa shape index (κ3) is 5.80. The van der Waals surface area contributed by atoms with E-state index in [4.69, 9.17) is 10.3 Å². The fraction of sp³-hybridized carbons (Fsp3) is 0.833. The Morgan fingerprint density at radius 2 is 2.06 bits per heavy atom. The van der Waals surface area contributed by atoms with Crippen LogP contribution in [0.5, 0.6) is 0 Å². The Bertz CT molecular complexity index is 341. The molecule has 1 aromatic rings. The number of hydrogen-bond acceptors (Lipinski definition) is 5. The summed E-state index contributed by atoms with van der Waals surface area (Å²) in [7, 11) is 2.05. The van der Waals surface area contributed by atoms with Gasteiger partial charge in [0.15, 0.2) is 5.82 Å². The average molecular weight is 277 g/mol. The SMILES string of the molecule is CCCc1nc(CN(C)CC(C)(C)CN)no1.Cl. The Hall–Kier alpha value is -0.650. The van der Waals surface area contributed by atoms with Crippen molar-refractivity contribution in [2.75, 3.05) is 20.1 Å². The fourth-order valence-corrected chi connectivity index (χ4v) is 1.76. The maximum absolute atomic E-state index is 5.72. The van der Waals surface area contributed by atoms with Crippen LogP contribution in [0.2, 0.25) is 0 Å². The van der Waals surface area contributed by atoms with Crippen LogP contribution in [-0.4, -0.2) is 35.2 Å². The van der Waals surface area contributed by atoms with E-state index in [9.17, 15) is 0 Å². The van der Waals surface area contributed by atoms with Crippen molar-refractivity contribution < 1.29 is 4.52 Å². The normalized spacial score (nSPS) is 11.7. The minimum absolute atomic E-state index is 0. The lowest BCUT2D eigenvalue weighted by atomic mass is 9.93. The van der Waals surface area contributed by atoms with Gasteiger partial charge in [-0.25, -0.2) is 0 Å². The second-order valence-electron chi connectivity index (χ2n) is 5.39. The number of nitrogens with zero attached hydrogens (tertiary/aromatic N) is 3. The summed E-state index contributed by atoms with van der Waals surface area (Å²) in [5.41, 5.74) is 5.83. The number of aryl methyl sites for hydroxylation is 1. The smallest absolute Gasteiger partial charge is 0.226 e. The third-order valence-electron chi connectivity index (χ3n) is 2.64. The Kier molecular flexibility index (Phi) is 7.43. The van der Waals surface area contributed by atoms with E-state index < -0.39 is 0 Å². The first kappa shape index (κ1) is 17.4. The van der Waals surface area contributed by atoms with Crippen molar-refractivity contribution >= 4 is 12.4 Å². The molecule has 0 aliphatic heterocycles. The zero-order chi connectivity index (χ0) is 12.9. The quantitative estimate of drug-likeness (QED) is 0.823. The van der Waals surface area contributed by atoms with Gasteiger partial charge in [-0.3, -0.25) is 4.90 Å². The van der Waals surface area contributed by atoms with Crippen LogP contribution in [0.15, 0.2) is 4.52 Å². The lowest BCUT2D eigenvalue weighted by Gasteiger charge is -2.28. The molecule has 0 spiro atoms. The van der Waals surface area contributed by atoms with E-state index in [1.807, 2.05) is 7.05 Å². The van der Waals surface area contributed by atoms with E-state index in [1.165, 1.54) is 0 Å². The maximum Gasteiger partial charge on any atom is 0.226 e. The molecule has 0 bridgehead atoms. The second-order valence-corrected chi connectivity index (χ2v) is 5.39. The molecule has 0 saturated heterocycles. The summed E-state index contributed by atoms with van der Waals surface area (Å²) in [4.78, 5) is 6.52. The van der Waals surface area contributed by atoms with Crippen LogP contribution in [0, 0.1) is 5.41 Å². The van der Waals surface area contributed by atoms with Gasteiger partial charge >= 0.3 is 0 Å². The van der Waals surface area contributed by atoms with Crippen molar-refractivity contribution in [2.24, 2.45) is 11.1 Å². The van der Waals surface area contributed by atoms with E-state index in [0.717, 1.165) is 31.1 Å². The molecule has 6 heteroatoms. The molecule has 0 unspecified atom stereocenters. The summed E-state index contributed by atoms with van der Waals surface area (Å²) in [5, 5.41) is 3.97. The highest BCUT2D eigenvalue weighted by Crippen LogP contribution is 2.15. The Labute approximate surface area is 116 Å². The number of halogens is 1. The summed E-state index contributed by atoms with van der Waals surface area (Å²) in [5.74, 6) is 1.48. The van der Waals surface area contributed by atoms with Gasteiger partial charge in [0, 0.05) is 13.0 Å². The first-order valence-corrected chi connectivity index (χ1v) is 6.17. The van der Waals surface area contributed by atoms with Crippen LogP contribution in [0.25, 0.3) is 0 Å². The van der Waals surface area contributed by atoms with Gasteiger partial charge in [0.25, 0.3) is 0 Å². The summed E-state index contributed by atoms with van der Waals surface area (Å²) < 4.78 is 5.15.